The fraction of sp³-hybridized carbons (Fsp3) is 0.556. The van der Waals surface area contributed by atoms with Crippen molar-refractivity contribution in [2.24, 2.45) is 0 Å². The minimum atomic E-state index is 0.343. The SMILES string of the molecule is CCNC(C)c1cnc(CC#N)s1. The molecule has 3 nitrogen and oxygen atoms in total. The Labute approximate surface area is 82.4 Å². The first-order valence-corrected chi connectivity index (χ1v) is 5.14. The number of nitriles is 1. The summed E-state index contributed by atoms with van der Waals surface area (Å²) in [5.41, 5.74) is 0. The molecule has 1 heterocycles. The summed E-state index contributed by atoms with van der Waals surface area (Å²) in [6, 6.07) is 2.44. The van der Waals surface area contributed by atoms with Crippen LogP contribution in [0.3, 0.4) is 0 Å². The summed E-state index contributed by atoms with van der Waals surface area (Å²) in [7, 11) is 0. The highest BCUT2D eigenvalue weighted by Crippen LogP contribution is 2.20. The van der Waals surface area contributed by atoms with Gasteiger partial charge in [0, 0.05) is 17.1 Å². The van der Waals surface area contributed by atoms with Crippen LogP contribution in [0.15, 0.2) is 6.20 Å². The first kappa shape index (κ1) is 10.2. The molecule has 1 unspecified atom stereocenters. The van der Waals surface area contributed by atoms with Crippen LogP contribution in [0.4, 0.5) is 0 Å². The molecule has 13 heavy (non-hydrogen) atoms. The van der Waals surface area contributed by atoms with Crippen molar-refractivity contribution < 1.29 is 0 Å². The van der Waals surface area contributed by atoms with E-state index < -0.39 is 0 Å². The molecule has 1 rings (SSSR count). The van der Waals surface area contributed by atoms with Crippen molar-refractivity contribution in [3.05, 3.63) is 16.1 Å². The van der Waals surface area contributed by atoms with Crippen LogP contribution >= 0.6 is 11.3 Å². The van der Waals surface area contributed by atoms with Crippen LogP contribution in [0.2, 0.25) is 0 Å². The number of nitrogens with one attached hydrogen (secondary N) is 1. The Morgan fingerprint density at radius 3 is 3.15 bits per heavy atom. The molecule has 0 saturated carbocycles. The zero-order valence-corrected chi connectivity index (χ0v) is 8.69. The quantitative estimate of drug-likeness (QED) is 0.798. The van der Waals surface area contributed by atoms with Gasteiger partial charge in [0.15, 0.2) is 0 Å². The van der Waals surface area contributed by atoms with Crippen molar-refractivity contribution in [3.63, 3.8) is 0 Å². The summed E-state index contributed by atoms with van der Waals surface area (Å²) >= 11 is 1.61. The van der Waals surface area contributed by atoms with E-state index in [2.05, 4.69) is 30.2 Å². The molecule has 70 valence electrons. The van der Waals surface area contributed by atoms with Crippen LogP contribution in [0.5, 0.6) is 0 Å². The minimum Gasteiger partial charge on any atom is -0.310 e. The summed E-state index contributed by atoms with van der Waals surface area (Å²) in [6.07, 6.45) is 2.27. The van der Waals surface area contributed by atoms with Crippen molar-refractivity contribution in [3.8, 4) is 6.07 Å². The largest absolute Gasteiger partial charge is 0.310 e. The Kier molecular flexibility index (Phi) is 3.87. The fourth-order valence-corrected chi connectivity index (χ4v) is 1.96. The highest BCUT2D eigenvalue weighted by atomic mass is 32.1. The van der Waals surface area contributed by atoms with Gasteiger partial charge >= 0.3 is 0 Å². The standard InChI is InChI=1S/C9H13N3S/c1-3-11-7(2)8-6-12-9(13-8)4-5-10/h6-7,11H,3-4H2,1-2H3. The number of hydrogen-bond donors (Lipinski definition) is 1. The van der Waals surface area contributed by atoms with Crippen molar-refractivity contribution in [1.29, 1.82) is 5.26 Å². The highest BCUT2D eigenvalue weighted by molar-refractivity contribution is 7.11. The molecule has 0 fully saturated rings. The lowest BCUT2D eigenvalue weighted by Crippen LogP contribution is -2.16. The maximum atomic E-state index is 8.47. The molecule has 0 bridgehead atoms. The third-order valence-electron chi connectivity index (χ3n) is 1.74. The minimum absolute atomic E-state index is 0.343. The van der Waals surface area contributed by atoms with Crippen LogP contribution in [0, 0.1) is 11.3 Å². The van der Waals surface area contributed by atoms with Crippen LogP contribution in [-0.4, -0.2) is 11.5 Å². The van der Waals surface area contributed by atoms with Crippen molar-refractivity contribution in [2.75, 3.05) is 6.54 Å². The molecule has 0 aliphatic carbocycles. The molecule has 0 aliphatic heterocycles. The Hall–Kier alpha value is -0.920. The molecule has 0 radical (unpaired) electrons. The Morgan fingerprint density at radius 1 is 1.77 bits per heavy atom. The summed E-state index contributed by atoms with van der Waals surface area (Å²) < 4.78 is 0. The second-order valence-corrected chi connectivity index (χ2v) is 3.92. The third-order valence-corrected chi connectivity index (χ3v) is 2.92. The van der Waals surface area contributed by atoms with Crippen LogP contribution in [0.25, 0.3) is 0 Å². The van der Waals surface area contributed by atoms with E-state index >= 15 is 0 Å². The zero-order valence-electron chi connectivity index (χ0n) is 7.87. The molecule has 4 heteroatoms. The maximum absolute atomic E-state index is 8.47. The first-order chi connectivity index (χ1) is 6.27. The smallest absolute Gasteiger partial charge is 0.107 e. The molecule has 0 aliphatic rings. The van der Waals surface area contributed by atoms with E-state index in [-0.39, 0.29) is 0 Å². The molecule has 1 aromatic heterocycles. The maximum Gasteiger partial charge on any atom is 0.107 e. The van der Waals surface area contributed by atoms with Crippen LogP contribution < -0.4 is 5.32 Å². The van der Waals surface area contributed by atoms with Gasteiger partial charge in [-0.15, -0.1) is 11.3 Å². The van der Waals surface area contributed by atoms with Gasteiger partial charge in [-0.1, -0.05) is 6.92 Å². The monoisotopic (exact) mass is 195 g/mol. The summed E-state index contributed by atoms with van der Waals surface area (Å²) in [4.78, 5) is 5.37. The second-order valence-electron chi connectivity index (χ2n) is 2.77. The molecule has 1 aromatic rings. The third kappa shape index (κ3) is 2.79. The Balaban J connectivity index is 2.63. The van der Waals surface area contributed by atoms with E-state index in [1.54, 1.807) is 11.3 Å². The summed E-state index contributed by atoms with van der Waals surface area (Å²) in [5, 5.41) is 12.7. The van der Waals surface area contributed by atoms with Gasteiger partial charge in [-0.2, -0.15) is 5.26 Å². The predicted molar refractivity (Wildman–Crippen MR) is 53.5 cm³/mol. The summed E-state index contributed by atoms with van der Waals surface area (Å²) in [5.74, 6) is 0. The van der Waals surface area contributed by atoms with Crippen LogP contribution in [0.1, 0.15) is 29.8 Å². The van der Waals surface area contributed by atoms with Gasteiger partial charge in [-0.05, 0) is 13.5 Å². The van der Waals surface area contributed by atoms with Gasteiger partial charge in [0.25, 0.3) is 0 Å². The van der Waals surface area contributed by atoms with Gasteiger partial charge in [0.05, 0.1) is 12.5 Å². The fourth-order valence-electron chi connectivity index (χ4n) is 1.08. The Bertz CT molecular complexity index is 300. The van der Waals surface area contributed by atoms with E-state index in [0.717, 1.165) is 11.6 Å². The molecule has 0 aromatic carbocycles. The molecule has 0 amide bonds. The van der Waals surface area contributed by atoms with E-state index in [1.807, 2.05) is 6.20 Å². The van der Waals surface area contributed by atoms with E-state index in [1.165, 1.54) is 4.88 Å². The summed E-state index contributed by atoms with van der Waals surface area (Å²) in [6.45, 7) is 5.13. The van der Waals surface area contributed by atoms with E-state index in [9.17, 15) is 0 Å². The molecule has 0 spiro atoms. The number of nitrogens with zero attached hydrogens (tertiary/aromatic N) is 2. The van der Waals surface area contributed by atoms with Crippen molar-refractivity contribution in [1.82, 2.24) is 10.3 Å². The lowest BCUT2D eigenvalue weighted by molar-refractivity contribution is 0.606. The van der Waals surface area contributed by atoms with Crippen molar-refractivity contribution >= 4 is 11.3 Å². The normalized spacial score (nSPS) is 12.4. The second kappa shape index (κ2) is 4.95. The molecular formula is C9H13N3S. The molecular weight excluding hydrogens is 182 g/mol. The van der Waals surface area contributed by atoms with Gasteiger partial charge in [0.1, 0.15) is 5.01 Å². The van der Waals surface area contributed by atoms with Gasteiger partial charge in [-0.25, -0.2) is 4.98 Å². The average Bonchev–Trinajstić information content (AvgIpc) is 2.54. The van der Waals surface area contributed by atoms with Crippen molar-refractivity contribution in [2.45, 2.75) is 26.3 Å². The van der Waals surface area contributed by atoms with Gasteiger partial charge in [0.2, 0.25) is 0 Å². The zero-order chi connectivity index (χ0) is 9.68. The van der Waals surface area contributed by atoms with E-state index in [4.69, 9.17) is 5.26 Å². The Morgan fingerprint density at radius 2 is 2.54 bits per heavy atom. The van der Waals surface area contributed by atoms with Gasteiger partial charge < -0.3 is 5.32 Å². The average molecular weight is 195 g/mol. The molecule has 1 N–H and O–H groups in total. The first-order valence-electron chi connectivity index (χ1n) is 4.32. The van der Waals surface area contributed by atoms with E-state index in [0.29, 0.717) is 12.5 Å². The number of rotatable bonds is 4. The highest BCUT2D eigenvalue weighted by Gasteiger charge is 2.07. The number of thiazole rings is 1. The lowest BCUT2D eigenvalue weighted by atomic mass is 10.3. The lowest BCUT2D eigenvalue weighted by Gasteiger charge is -2.07. The molecule has 0 saturated heterocycles. The number of hydrogen-bond acceptors (Lipinski definition) is 4. The topological polar surface area (TPSA) is 48.7 Å². The predicted octanol–water partition coefficient (Wildman–Crippen LogP) is 1.88. The van der Waals surface area contributed by atoms with Crippen LogP contribution in [-0.2, 0) is 6.42 Å². The number of aromatic nitrogens is 1. The molecule has 1 atom stereocenters. The van der Waals surface area contributed by atoms with Gasteiger partial charge in [-0.3, -0.25) is 0 Å².